The number of aromatic nitrogens is 1. The molecule has 0 spiro atoms. The fraction of sp³-hybridized carbons (Fsp3) is 0.200. The Bertz CT molecular complexity index is 613. The van der Waals surface area contributed by atoms with Gasteiger partial charge in [-0.2, -0.15) is 5.26 Å². The van der Waals surface area contributed by atoms with Crippen LogP contribution in [0.25, 0.3) is 0 Å². The maximum Gasteiger partial charge on any atom is 0.146 e. The Hall–Kier alpha value is -2.34. The lowest BCUT2D eigenvalue weighted by molar-refractivity contribution is 0.720. The Morgan fingerprint density at radius 2 is 1.94 bits per heavy atom. The van der Waals surface area contributed by atoms with Crippen molar-refractivity contribution in [2.75, 3.05) is 11.4 Å². The smallest absolute Gasteiger partial charge is 0.146 e. The molecule has 3 heteroatoms. The van der Waals surface area contributed by atoms with E-state index in [-0.39, 0.29) is 0 Å². The van der Waals surface area contributed by atoms with Crippen LogP contribution >= 0.6 is 0 Å². The van der Waals surface area contributed by atoms with E-state index in [0.717, 1.165) is 25.3 Å². The molecule has 0 unspecified atom stereocenters. The molecule has 0 bridgehead atoms. The average Bonchev–Trinajstić information content (AvgIpc) is 2.46. The number of nitriles is 1. The van der Waals surface area contributed by atoms with E-state index in [9.17, 15) is 0 Å². The summed E-state index contributed by atoms with van der Waals surface area (Å²) in [4.78, 5) is 6.53. The highest BCUT2D eigenvalue weighted by molar-refractivity contribution is 5.55. The highest BCUT2D eigenvalue weighted by Gasteiger charge is 2.18. The largest absolute Gasteiger partial charge is 0.351 e. The Morgan fingerprint density at radius 1 is 1.11 bits per heavy atom. The molecular formula is C15H13N3. The van der Waals surface area contributed by atoms with Gasteiger partial charge < -0.3 is 4.90 Å². The third-order valence-corrected chi connectivity index (χ3v) is 3.34. The average molecular weight is 235 g/mol. The van der Waals surface area contributed by atoms with Gasteiger partial charge in [0.25, 0.3) is 0 Å². The Labute approximate surface area is 106 Å². The highest BCUT2D eigenvalue weighted by Crippen LogP contribution is 2.24. The van der Waals surface area contributed by atoms with Crippen LogP contribution in [0.2, 0.25) is 0 Å². The SMILES string of the molecule is N#Cc1cccnc1N1CCc2ccccc2C1. The Kier molecular flexibility index (Phi) is 2.70. The van der Waals surface area contributed by atoms with Crippen molar-refractivity contribution < 1.29 is 0 Å². The van der Waals surface area contributed by atoms with E-state index >= 15 is 0 Å². The van der Waals surface area contributed by atoms with E-state index in [4.69, 9.17) is 5.26 Å². The molecule has 0 amide bonds. The van der Waals surface area contributed by atoms with E-state index < -0.39 is 0 Å². The standard InChI is InChI=1S/C15H13N3/c16-10-13-6-3-8-17-15(13)18-9-7-12-4-1-2-5-14(12)11-18/h1-6,8H,7,9,11H2. The second-order valence-corrected chi connectivity index (χ2v) is 4.43. The van der Waals surface area contributed by atoms with Crippen molar-refractivity contribution in [2.45, 2.75) is 13.0 Å². The van der Waals surface area contributed by atoms with Gasteiger partial charge in [-0.05, 0) is 29.7 Å². The lowest BCUT2D eigenvalue weighted by Crippen LogP contribution is -2.31. The van der Waals surface area contributed by atoms with Gasteiger partial charge in [0, 0.05) is 19.3 Å². The van der Waals surface area contributed by atoms with Gasteiger partial charge >= 0.3 is 0 Å². The predicted octanol–water partition coefficient (Wildman–Crippen LogP) is 2.52. The molecule has 1 aliphatic heterocycles. The van der Waals surface area contributed by atoms with Crippen molar-refractivity contribution in [3.63, 3.8) is 0 Å². The quantitative estimate of drug-likeness (QED) is 0.762. The number of rotatable bonds is 1. The molecule has 18 heavy (non-hydrogen) atoms. The molecule has 0 aliphatic carbocycles. The summed E-state index contributed by atoms with van der Waals surface area (Å²) in [6.07, 6.45) is 2.76. The van der Waals surface area contributed by atoms with E-state index in [1.807, 2.05) is 6.07 Å². The third-order valence-electron chi connectivity index (χ3n) is 3.34. The molecule has 0 N–H and O–H groups in total. The normalized spacial score (nSPS) is 13.8. The Balaban J connectivity index is 1.95. The number of anilines is 1. The van der Waals surface area contributed by atoms with Gasteiger partial charge in [-0.1, -0.05) is 24.3 Å². The first kappa shape index (κ1) is 10.8. The number of nitrogens with zero attached hydrogens (tertiary/aromatic N) is 3. The summed E-state index contributed by atoms with van der Waals surface area (Å²) in [6, 6.07) is 14.3. The summed E-state index contributed by atoms with van der Waals surface area (Å²) in [6.45, 7) is 1.75. The van der Waals surface area contributed by atoms with Crippen molar-refractivity contribution in [3.8, 4) is 6.07 Å². The maximum absolute atomic E-state index is 9.13. The van der Waals surface area contributed by atoms with Crippen molar-refractivity contribution in [2.24, 2.45) is 0 Å². The molecule has 3 nitrogen and oxygen atoms in total. The first-order valence-corrected chi connectivity index (χ1v) is 6.05. The van der Waals surface area contributed by atoms with Crippen molar-refractivity contribution in [1.82, 2.24) is 4.98 Å². The molecule has 1 aliphatic rings. The zero-order valence-corrected chi connectivity index (χ0v) is 10.0. The minimum absolute atomic E-state index is 0.650. The molecular weight excluding hydrogens is 222 g/mol. The van der Waals surface area contributed by atoms with Gasteiger partial charge in [0.1, 0.15) is 11.9 Å². The van der Waals surface area contributed by atoms with E-state index in [1.54, 1.807) is 12.3 Å². The molecule has 2 heterocycles. The topological polar surface area (TPSA) is 39.9 Å². The molecule has 0 saturated carbocycles. The molecule has 88 valence electrons. The van der Waals surface area contributed by atoms with Gasteiger partial charge in [-0.15, -0.1) is 0 Å². The molecule has 0 radical (unpaired) electrons. The number of benzene rings is 1. The van der Waals surface area contributed by atoms with Crippen molar-refractivity contribution >= 4 is 5.82 Å². The second kappa shape index (κ2) is 4.50. The summed E-state index contributed by atoms with van der Waals surface area (Å²) in [5.41, 5.74) is 3.39. The van der Waals surface area contributed by atoms with Gasteiger partial charge in [0.05, 0.1) is 5.56 Å². The van der Waals surface area contributed by atoms with Crippen molar-refractivity contribution in [1.29, 1.82) is 5.26 Å². The second-order valence-electron chi connectivity index (χ2n) is 4.43. The number of fused-ring (bicyclic) bond motifs is 1. The monoisotopic (exact) mass is 235 g/mol. The Morgan fingerprint density at radius 3 is 2.78 bits per heavy atom. The summed E-state index contributed by atoms with van der Waals surface area (Å²) in [7, 11) is 0. The first-order valence-electron chi connectivity index (χ1n) is 6.05. The van der Waals surface area contributed by atoms with E-state index in [1.165, 1.54) is 11.1 Å². The fourth-order valence-corrected chi connectivity index (χ4v) is 2.41. The number of pyridine rings is 1. The van der Waals surface area contributed by atoms with Crippen LogP contribution in [-0.4, -0.2) is 11.5 Å². The van der Waals surface area contributed by atoms with Crippen LogP contribution in [0.4, 0.5) is 5.82 Å². The zero-order chi connectivity index (χ0) is 12.4. The van der Waals surface area contributed by atoms with E-state index in [2.05, 4.69) is 40.2 Å². The summed E-state index contributed by atoms with van der Waals surface area (Å²) >= 11 is 0. The number of hydrogen-bond acceptors (Lipinski definition) is 3. The summed E-state index contributed by atoms with van der Waals surface area (Å²) in [5, 5.41) is 9.13. The third kappa shape index (κ3) is 1.82. The molecule has 0 atom stereocenters. The van der Waals surface area contributed by atoms with Crippen LogP contribution in [0.5, 0.6) is 0 Å². The van der Waals surface area contributed by atoms with Crippen LogP contribution in [-0.2, 0) is 13.0 Å². The molecule has 3 rings (SSSR count). The summed E-state index contributed by atoms with van der Waals surface area (Å²) < 4.78 is 0. The van der Waals surface area contributed by atoms with Crippen LogP contribution < -0.4 is 4.90 Å². The van der Waals surface area contributed by atoms with Crippen LogP contribution in [0.1, 0.15) is 16.7 Å². The molecule has 0 saturated heterocycles. The minimum atomic E-state index is 0.650. The fourth-order valence-electron chi connectivity index (χ4n) is 2.41. The zero-order valence-electron chi connectivity index (χ0n) is 10.0. The molecule has 1 aromatic carbocycles. The lowest BCUT2D eigenvalue weighted by Gasteiger charge is -2.30. The predicted molar refractivity (Wildman–Crippen MR) is 70.1 cm³/mol. The van der Waals surface area contributed by atoms with Crippen LogP contribution in [0, 0.1) is 11.3 Å². The number of hydrogen-bond donors (Lipinski definition) is 0. The molecule has 0 fully saturated rings. The van der Waals surface area contributed by atoms with Gasteiger partial charge in [0.2, 0.25) is 0 Å². The van der Waals surface area contributed by atoms with Gasteiger partial charge in [-0.3, -0.25) is 0 Å². The lowest BCUT2D eigenvalue weighted by atomic mass is 10.00. The van der Waals surface area contributed by atoms with Crippen LogP contribution in [0.15, 0.2) is 42.6 Å². The first-order chi connectivity index (χ1) is 8.88. The van der Waals surface area contributed by atoms with Crippen molar-refractivity contribution in [3.05, 3.63) is 59.3 Å². The van der Waals surface area contributed by atoms with Gasteiger partial charge in [0.15, 0.2) is 0 Å². The van der Waals surface area contributed by atoms with E-state index in [0.29, 0.717) is 5.56 Å². The highest BCUT2D eigenvalue weighted by atomic mass is 15.2. The minimum Gasteiger partial charge on any atom is -0.351 e. The molecule has 2 aromatic rings. The maximum atomic E-state index is 9.13. The summed E-state index contributed by atoms with van der Waals surface area (Å²) in [5.74, 6) is 0.800. The molecule has 1 aromatic heterocycles. The van der Waals surface area contributed by atoms with Crippen LogP contribution in [0.3, 0.4) is 0 Å². The van der Waals surface area contributed by atoms with Gasteiger partial charge in [-0.25, -0.2) is 4.98 Å².